The molecule has 10 nitrogen and oxygen atoms in total. The van der Waals surface area contributed by atoms with Crippen LogP contribution in [0.1, 0.15) is 51.4 Å². The Morgan fingerprint density at radius 1 is 0.750 bits per heavy atom. The Bertz CT molecular complexity index is 477. The number of rotatable bonds is 8. The second kappa shape index (κ2) is 8.06. The molecule has 0 amide bonds. The predicted octanol–water partition coefficient (Wildman–Crippen LogP) is 0.0966. The highest BCUT2D eigenvalue weighted by Gasteiger charge is 2.56. The Hall–Kier alpha value is -2.20. The lowest BCUT2D eigenvalue weighted by molar-refractivity contribution is -0.170. The van der Waals surface area contributed by atoms with E-state index in [0.717, 1.165) is 0 Å². The maximum Gasteiger partial charge on any atom is 0.325 e. The molecule has 0 spiro atoms. The number of carbonyl (C=O) groups excluding carboxylic acids is 2. The second-order valence-corrected chi connectivity index (χ2v) is 6.24. The van der Waals surface area contributed by atoms with Gasteiger partial charge in [-0.3, -0.25) is 19.2 Å². The topological polar surface area (TPSA) is 179 Å². The van der Waals surface area contributed by atoms with Gasteiger partial charge in [-0.15, -0.1) is 0 Å². The van der Waals surface area contributed by atoms with Crippen LogP contribution in [0.5, 0.6) is 0 Å². The van der Waals surface area contributed by atoms with Gasteiger partial charge >= 0.3 is 23.9 Å². The highest BCUT2D eigenvalue weighted by molar-refractivity contribution is 5.77. The molecule has 10 heteroatoms. The van der Waals surface area contributed by atoms with Gasteiger partial charge in [-0.05, 0) is 23.7 Å². The number of hydrogen-bond acceptors (Lipinski definition) is 8. The molecule has 6 N–H and O–H groups in total. The van der Waals surface area contributed by atoms with Crippen molar-refractivity contribution in [1.29, 1.82) is 0 Å². The Morgan fingerprint density at radius 2 is 1.08 bits per heavy atom. The molecule has 24 heavy (non-hydrogen) atoms. The standard InChI is InChI=1S/C14H22N2O8/c15-23-11(21)7-13(5-9(17)18)3-1-2-4-14(13,6-10(19)20)8-12(22)24-16/h1-8,15-16H2,(H,17,18)(H,19,20)/t13-,14-/m1/s1. The van der Waals surface area contributed by atoms with Crippen LogP contribution in [-0.4, -0.2) is 34.1 Å². The van der Waals surface area contributed by atoms with E-state index >= 15 is 0 Å². The highest BCUT2D eigenvalue weighted by atomic mass is 16.7. The summed E-state index contributed by atoms with van der Waals surface area (Å²) < 4.78 is 0. The molecule has 0 heterocycles. The zero-order chi connectivity index (χ0) is 18.4. The predicted molar refractivity (Wildman–Crippen MR) is 77.6 cm³/mol. The summed E-state index contributed by atoms with van der Waals surface area (Å²) in [6, 6.07) is 0. The van der Waals surface area contributed by atoms with Crippen LogP contribution in [0.3, 0.4) is 0 Å². The number of carboxylic acid groups (broad SMARTS) is 2. The van der Waals surface area contributed by atoms with Crippen LogP contribution in [-0.2, 0) is 28.9 Å². The number of nitrogens with two attached hydrogens (primary N) is 2. The third-order valence-electron chi connectivity index (χ3n) is 4.89. The van der Waals surface area contributed by atoms with Crippen LogP contribution >= 0.6 is 0 Å². The minimum atomic E-state index is -1.29. The quantitative estimate of drug-likeness (QED) is 0.440. The van der Waals surface area contributed by atoms with E-state index in [4.69, 9.17) is 11.8 Å². The maximum atomic E-state index is 11.8. The van der Waals surface area contributed by atoms with E-state index < -0.39 is 60.4 Å². The lowest BCUT2D eigenvalue weighted by Crippen LogP contribution is -2.50. The Labute approximate surface area is 138 Å². The van der Waals surface area contributed by atoms with Crippen molar-refractivity contribution in [2.24, 2.45) is 22.6 Å². The molecule has 1 fully saturated rings. The third kappa shape index (κ3) is 4.42. The van der Waals surface area contributed by atoms with E-state index in [1.54, 1.807) is 0 Å². The van der Waals surface area contributed by atoms with Gasteiger partial charge in [0.05, 0.1) is 25.7 Å². The number of carboxylic acids is 2. The molecule has 0 radical (unpaired) electrons. The van der Waals surface area contributed by atoms with Crippen LogP contribution in [0.4, 0.5) is 0 Å². The molecular formula is C14H22N2O8. The summed E-state index contributed by atoms with van der Waals surface area (Å²) in [5, 5.41) is 18.6. The maximum absolute atomic E-state index is 11.8. The van der Waals surface area contributed by atoms with Crippen molar-refractivity contribution < 1.29 is 39.1 Å². The monoisotopic (exact) mass is 346 g/mol. The first-order chi connectivity index (χ1) is 11.2. The van der Waals surface area contributed by atoms with Crippen molar-refractivity contribution >= 4 is 23.9 Å². The molecule has 1 saturated carbocycles. The van der Waals surface area contributed by atoms with Gasteiger partial charge in [-0.2, -0.15) is 11.8 Å². The molecule has 0 aromatic carbocycles. The van der Waals surface area contributed by atoms with E-state index in [-0.39, 0.29) is 12.8 Å². The summed E-state index contributed by atoms with van der Waals surface area (Å²) in [5.41, 5.74) is -2.58. The Balaban J connectivity index is 3.41. The first-order valence-electron chi connectivity index (χ1n) is 7.43. The van der Waals surface area contributed by atoms with Crippen LogP contribution in [0.2, 0.25) is 0 Å². The zero-order valence-corrected chi connectivity index (χ0v) is 13.2. The van der Waals surface area contributed by atoms with E-state index in [9.17, 15) is 29.4 Å². The lowest BCUT2D eigenvalue weighted by Gasteiger charge is -2.52. The summed E-state index contributed by atoms with van der Waals surface area (Å²) in [4.78, 5) is 54.7. The lowest BCUT2D eigenvalue weighted by atomic mass is 9.50. The summed E-state index contributed by atoms with van der Waals surface area (Å²) in [5.74, 6) is 5.59. The van der Waals surface area contributed by atoms with Crippen molar-refractivity contribution in [3.63, 3.8) is 0 Å². The van der Waals surface area contributed by atoms with Gasteiger partial charge < -0.3 is 19.9 Å². The molecular weight excluding hydrogens is 324 g/mol. The van der Waals surface area contributed by atoms with Gasteiger partial charge in [0.15, 0.2) is 0 Å². The zero-order valence-electron chi connectivity index (χ0n) is 13.2. The fourth-order valence-corrected chi connectivity index (χ4v) is 3.90. The first kappa shape index (κ1) is 19.8. The van der Waals surface area contributed by atoms with Crippen LogP contribution in [0, 0.1) is 10.8 Å². The smallest absolute Gasteiger partial charge is 0.325 e. The van der Waals surface area contributed by atoms with Gasteiger partial charge in [-0.1, -0.05) is 12.8 Å². The van der Waals surface area contributed by atoms with E-state index in [1.807, 2.05) is 0 Å². The van der Waals surface area contributed by atoms with Crippen molar-refractivity contribution in [2.75, 3.05) is 0 Å². The SMILES string of the molecule is NOC(=O)C[C@]1(CC(=O)O)CCCC[C@@]1(CC(=O)O)CC(=O)ON. The molecule has 1 aliphatic rings. The fraction of sp³-hybridized carbons (Fsp3) is 0.714. The first-order valence-corrected chi connectivity index (χ1v) is 7.43. The van der Waals surface area contributed by atoms with Crippen LogP contribution in [0.25, 0.3) is 0 Å². The van der Waals surface area contributed by atoms with Crippen molar-refractivity contribution in [3.05, 3.63) is 0 Å². The van der Waals surface area contributed by atoms with E-state index in [1.165, 1.54) is 0 Å². The van der Waals surface area contributed by atoms with Gasteiger partial charge in [0.1, 0.15) is 0 Å². The summed E-state index contributed by atoms with van der Waals surface area (Å²) in [7, 11) is 0. The average molecular weight is 346 g/mol. The van der Waals surface area contributed by atoms with Gasteiger partial charge in [-0.25, -0.2) is 0 Å². The summed E-state index contributed by atoms with van der Waals surface area (Å²) in [6.07, 6.45) is -0.115. The average Bonchev–Trinajstić information content (AvgIpc) is 2.48. The molecule has 0 bridgehead atoms. The normalized spacial score (nSPS) is 26.4. The molecule has 1 rings (SSSR count). The van der Waals surface area contributed by atoms with Crippen LogP contribution < -0.4 is 11.8 Å². The molecule has 0 aliphatic heterocycles. The highest BCUT2D eigenvalue weighted by Crippen LogP contribution is 2.59. The number of aliphatic carboxylic acids is 2. The largest absolute Gasteiger partial charge is 0.481 e. The summed E-state index contributed by atoms with van der Waals surface area (Å²) >= 11 is 0. The van der Waals surface area contributed by atoms with Crippen molar-refractivity contribution in [3.8, 4) is 0 Å². The molecule has 0 aromatic rings. The summed E-state index contributed by atoms with van der Waals surface area (Å²) in [6.45, 7) is 0. The van der Waals surface area contributed by atoms with E-state index in [2.05, 4.69) is 9.68 Å². The van der Waals surface area contributed by atoms with E-state index in [0.29, 0.717) is 12.8 Å². The molecule has 1 aliphatic carbocycles. The number of hydrogen-bond donors (Lipinski definition) is 4. The molecule has 0 aromatic heterocycles. The van der Waals surface area contributed by atoms with Crippen molar-refractivity contribution in [2.45, 2.75) is 51.4 Å². The molecule has 2 atom stereocenters. The molecule has 0 saturated heterocycles. The van der Waals surface area contributed by atoms with Crippen molar-refractivity contribution in [1.82, 2.24) is 0 Å². The second-order valence-electron chi connectivity index (χ2n) is 6.24. The minimum absolute atomic E-state index is 0.250. The van der Waals surface area contributed by atoms with Gasteiger partial charge in [0, 0.05) is 0 Å². The third-order valence-corrected chi connectivity index (χ3v) is 4.89. The van der Waals surface area contributed by atoms with Gasteiger partial charge in [0.2, 0.25) is 0 Å². The minimum Gasteiger partial charge on any atom is -0.481 e. The van der Waals surface area contributed by atoms with Crippen LogP contribution in [0.15, 0.2) is 0 Å². The Morgan fingerprint density at radius 3 is 1.33 bits per heavy atom. The fourth-order valence-electron chi connectivity index (χ4n) is 3.90. The molecule has 136 valence electrons. The number of carbonyl (C=O) groups is 4. The Kier molecular flexibility index (Phi) is 6.67. The van der Waals surface area contributed by atoms with Gasteiger partial charge in [0.25, 0.3) is 0 Å². The molecule has 0 unspecified atom stereocenters.